The Balaban J connectivity index is 2.26. The summed E-state index contributed by atoms with van der Waals surface area (Å²) in [6.45, 7) is -0.783. The Morgan fingerprint density at radius 2 is 2.18 bits per heavy atom. The first kappa shape index (κ1) is 16.6. The van der Waals surface area contributed by atoms with E-state index in [4.69, 9.17) is 11.6 Å². The Bertz CT molecular complexity index is 597. The summed E-state index contributed by atoms with van der Waals surface area (Å²) >= 11 is 5.62. The highest BCUT2D eigenvalue weighted by Crippen LogP contribution is 2.38. The number of hydrogen-bond acceptors (Lipinski definition) is 2. The van der Waals surface area contributed by atoms with Crippen molar-refractivity contribution in [2.45, 2.75) is 18.9 Å². The lowest BCUT2D eigenvalue weighted by Gasteiger charge is -2.25. The predicted octanol–water partition coefficient (Wildman–Crippen LogP) is 2.38. The van der Waals surface area contributed by atoms with Gasteiger partial charge in [-0.25, -0.2) is 13.2 Å². The molecule has 1 aliphatic heterocycles. The van der Waals surface area contributed by atoms with Gasteiger partial charge in [-0.05, 0) is 17.7 Å². The summed E-state index contributed by atoms with van der Waals surface area (Å²) in [6, 6.07) is 3.28. The molecule has 2 atom stereocenters. The monoisotopic (exact) mass is 334 g/mol. The first-order chi connectivity index (χ1) is 10.3. The van der Waals surface area contributed by atoms with E-state index in [1.165, 1.54) is 24.1 Å². The average molecular weight is 335 g/mol. The molecule has 0 spiro atoms. The van der Waals surface area contributed by atoms with Gasteiger partial charge in [0.1, 0.15) is 5.82 Å². The van der Waals surface area contributed by atoms with Crippen molar-refractivity contribution in [3.63, 3.8) is 0 Å². The van der Waals surface area contributed by atoms with Gasteiger partial charge in [-0.2, -0.15) is 0 Å². The summed E-state index contributed by atoms with van der Waals surface area (Å²) in [6.07, 6.45) is -2.79. The van der Waals surface area contributed by atoms with E-state index in [0.29, 0.717) is 5.56 Å². The zero-order valence-electron chi connectivity index (χ0n) is 11.7. The Labute approximate surface area is 130 Å². The minimum atomic E-state index is -2.68. The Morgan fingerprint density at radius 3 is 2.77 bits per heavy atom. The van der Waals surface area contributed by atoms with Crippen LogP contribution in [0.2, 0.25) is 5.02 Å². The fourth-order valence-electron chi connectivity index (χ4n) is 2.57. The number of amides is 2. The number of hydrogen-bond donors (Lipinski definition) is 1. The fraction of sp³-hybridized carbons (Fsp3) is 0.429. The van der Waals surface area contributed by atoms with Crippen LogP contribution in [-0.2, 0) is 9.59 Å². The highest BCUT2D eigenvalue weighted by Gasteiger charge is 2.42. The van der Waals surface area contributed by atoms with Gasteiger partial charge in [-0.15, -0.1) is 0 Å². The van der Waals surface area contributed by atoms with E-state index < -0.39 is 36.7 Å². The van der Waals surface area contributed by atoms with Gasteiger partial charge in [0.2, 0.25) is 11.8 Å². The third kappa shape index (κ3) is 3.35. The molecule has 22 heavy (non-hydrogen) atoms. The van der Waals surface area contributed by atoms with E-state index in [9.17, 15) is 22.8 Å². The number of rotatable bonds is 4. The van der Waals surface area contributed by atoms with Gasteiger partial charge in [0, 0.05) is 13.5 Å². The zero-order valence-corrected chi connectivity index (χ0v) is 12.4. The van der Waals surface area contributed by atoms with Crippen LogP contribution in [0.5, 0.6) is 0 Å². The maximum absolute atomic E-state index is 13.6. The van der Waals surface area contributed by atoms with Gasteiger partial charge in [0.25, 0.3) is 6.43 Å². The van der Waals surface area contributed by atoms with E-state index in [-0.39, 0.29) is 17.4 Å². The van der Waals surface area contributed by atoms with Gasteiger partial charge < -0.3 is 10.2 Å². The molecule has 1 heterocycles. The summed E-state index contributed by atoms with van der Waals surface area (Å²) in [7, 11) is 1.49. The Kier molecular flexibility index (Phi) is 4.95. The molecule has 1 aromatic carbocycles. The molecule has 2 amide bonds. The predicted molar refractivity (Wildman–Crippen MR) is 74.0 cm³/mol. The van der Waals surface area contributed by atoms with E-state index in [1.54, 1.807) is 0 Å². The van der Waals surface area contributed by atoms with Gasteiger partial charge in [0.15, 0.2) is 0 Å². The lowest BCUT2D eigenvalue weighted by molar-refractivity contribution is -0.128. The third-order valence-corrected chi connectivity index (χ3v) is 3.95. The summed E-state index contributed by atoms with van der Waals surface area (Å²) in [5.74, 6) is -2.48. The van der Waals surface area contributed by atoms with Gasteiger partial charge in [-0.1, -0.05) is 17.7 Å². The van der Waals surface area contributed by atoms with Crippen LogP contribution in [0.25, 0.3) is 0 Å². The zero-order chi connectivity index (χ0) is 16.4. The van der Waals surface area contributed by atoms with Crippen LogP contribution in [0.15, 0.2) is 18.2 Å². The van der Waals surface area contributed by atoms with E-state index in [0.717, 1.165) is 6.07 Å². The molecule has 4 nitrogen and oxygen atoms in total. The molecular weight excluding hydrogens is 321 g/mol. The Hall–Kier alpha value is -1.76. The van der Waals surface area contributed by atoms with Crippen LogP contribution >= 0.6 is 11.6 Å². The standard InChI is InChI=1S/C14H14ClF3N2O2/c1-20-12(21)5-8(14(22)19-6-11(17)18)13(20)7-2-3-9(15)10(16)4-7/h2-4,8,11,13H,5-6H2,1H3,(H,19,22)/t8-,13+/m1/s1. The summed E-state index contributed by atoms with van der Waals surface area (Å²) < 4.78 is 38.0. The van der Waals surface area contributed by atoms with Gasteiger partial charge >= 0.3 is 0 Å². The lowest BCUT2D eigenvalue weighted by atomic mass is 9.93. The van der Waals surface area contributed by atoms with Crippen molar-refractivity contribution in [1.29, 1.82) is 0 Å². The summed E-state index contributed by atoms with van der Waals surface area (Å²) in [5, 5.41) is 2.03. The van der Waals surface area contributed by atoms with Crippen LogP contribution in [0.3, 0.4) is 0 Å². The summed E-state index contributed by atoms with van der Waals surface area (Å²) in [5.41, 5.74) is 0.396. The molecule has 0 saturated carbocycles. The molecule has 1 fully saturated rings. The number of halogens is 4. The topological polar surface area (TPSA) is 49.4 Å². The average Bonchev–Trinajstić information content (AvgIpc) is 2.75. The molecule has 8 heteroatoms. The second-order valence-electron chi connectivity index (χ2n) is 5.07. The maximum atomic E-state index is 13.6. The molecule has 1 aliphatic rings. The van der Waals surface area contributed by atoms with Crippen LogP contribution in [-0.4, -0.2) is 36.7 Å². The quantitative estimate of drug-likeness (QED) is 0.919. The molecule has 0 radical (unpaired) electrons. The van der Waals surface area contributed by atoms with Gasteiger partial charge in [0.05, 0.1) is 23.5 Å². The molecule has 0 unspecified atom stereocenters. The van der Waals surface area contributed by atoms with E-state index in [1.807, 2.05) is 0 Å². The largest absolute Gasteiger partial charge is 0.350 e. The molecule has 1 saturated heterocycles. The number of carbonyl (C=O) groups excluding carboxylic acids is 2. The molecule has 2 rings (SSSR count). The fourth-order valence-corrected chi connectivity index (χ4v) is 2.68. The van der Waals surface area contributed by atoms with Crippen LogP contribution in [0.4, 0.5) is 13.2 Å². The number of likely N-dealkylation sites (tertiary alicyclic amines) is 1. The Morgan fingerprint density at radius 1 is 1.50 bits per heavy atom. The van der Waals surface area contributed by atoms with Crippen LogP contribution in [0.1, 0.15) is 18.0 Å². The molecular formula is C14H14ClF3N2O2. The normalized spacial score (nSPS) is 21.5. The molecule has 1 N–H and O–H groups in total. The molecule has 1 aromatic rings. The van der Waals surface area contributed by atoms with E-state index in [2.05, 4.69) is 5.32 Å². The van der Waals surface area contributed by atoms with Gasteiger partial charge in [-0.3, -0.25) is 9.59 Å². The number of carbonyl (C=O) groups is 2. The van der Waals surface area contributed by atoms with Crippen LogP contribution < -0.4 is 5.32 Å². The van der Waals surface area contributed by atoms with Crippen molar-refractivity contribution in [3.8, 4) is 0 Å². The number of nitrogens with one attached hydrogen (secondary N) is 1. The number of benzene rings is 1. The number of alkyl halides is 2. The molecule has 0 aromatic heterocycles. The first-order valence-corrected chi connectivity index (χ1v) is 6.95. The summed E-state index contributed by atoms with van der Waals surface area (Å²) in [4.78, 5) is 25.2. The second-order valence-corrected chi connectivity index (χ2v) is 5.48. The SMILES string of the molecule is CN1C(=O)C[C@@H](C(=O)NCC(F)F)[C@@H]1c1ccc(Cl)c(F)c1. The minimum absolute atomic E-state index is 0.0746. The van der Waals surface area contributed by atoms with Crippen molar-refractivity contribution < 1.29 is 22.8 Å². The molecule has 0 aliphatic carbocycles. The third-order valence-electron chi connectivity index (χ3n) is 3.64. The van der Waals surface area contributed by atoms with Crippen molar-refractivity contribution >= 4 is 23.4 Å². The smallest absolute Gasteiger partial charge is 0.255 e. The highest BCUT2D eigenvalue weighted by atomic mass is 35.5. The van der Waals surface area contributed by atoms with E-state index >= 15 is 0 Å². The first-order valence-electron chi connectivity index (χ1n) is 6.57. The lowest BCUT2D eigenvalue weighted by Crippen LogP contribution is -2.36. The van der Waals surface area contributed by atoms with Crippen molar-refractivity contribution in [1.82, 2.24) is 10.2 Å². The van der Waals surface area contributed by atoms with Crippen molar-refractivity contribution in [3.05, 3.63) is 34.6 Å². The van der Waals surface area contributed by atoms with Crippen LogP contribution in [0, 0.1) is 11.7 Å². The number of nitrogens with zero attached hydrogens (tertiary/aromatic N) is 1. The highest BCUT2D eigenvalue weighted by molar-refractivity contribution is 6.30. The minimum Gasteiger partial charge on any atom is -0.350 e. The maximum Gasteiger partial charge on any atom is 0.255 e. The second kappa shape index (κ2) is 6.56. The molecule has 0 bridgehead atoms. The van der Waals surface area contributed by atoms with Crippen molar-refractivity contribution in [2.75, 3.05) is 13.6 Å². The molecule has 120 valence electrons. The van der Waals surface area contributed by atoms with Crippen molar-refractivity contribution in [2.24, 2.45) is 5.92 Å².